The number of halogens is 20. The molecule has 0 spiro atoms. The molecule has 340 valence electrons. The van der Waals surface area contributed by atoms with Crippen LogP contribution in [0.4, 0.5) is 87.8 Å². The molecule has 8 aromatic rings. The lowest BCUT2D eigenvalue weighted by Crippen LogP contribution is -2.81. The van der Waals surface area contributed by atoms with Crippen molar-refractivity contribution in [2.75, 3.05) is 0 Å². The van der Waals surface area contributed by atoms with Gasteiger partial charge >= 0.3 is 0 Å². The first-order valence-corrected chi connectivity index (χ1v) is 18.2. The molecule has 0 bridgehead atoms. The molecule has 1 aromatic heterocycles. The van der Waals surface area contributed by atoms with Crippen LogP contribution in [0.15, 0.2) is 85.2 Å². The van der Waals surface area contributed by atoms with Gasteiger partial charge in [-0.2, -0.15) is 0 Å². The summed E-state index contributed by atoms with van der Waals surface area (Å²) in [5.74, 6) is -71.4. The van der Waals surface area contributed by atoms with E-state index >= 15 is 35.1 Å². The topological polar surface area (TPSA) is 3.88 Å². The van der Waals surface area contributed by atoms with Crippen molar-refractivity contribution in [3.63, 3.8) is 0 Å². The van der Waals surface area contributed by atoms with E-state index in [0.29, 0.717) is 0 Å². The van der Waals surface area contributed by atoms with Gasteiger partial charge in [-0.15, -0.1) is 21.9 Å². The third-order valence-corrected chi connectivity index (χ3v) is 10.7. The Hall–Kier alpha value is -7.13. The Morgan fingerprint density at radius 3 is 0.803 bits per heavy atom. The fourth-order valence-electron chi connectivity index (χ4n) is 7.87. The molecule has 0 saturated carbocycles. The van der Waals surface area contributed by atoms with Gasteiger partial charge in [0.2, 0.25) is 0 Å². The molecule has 0 radical (unpaired) electrons. The lowest BCUT2D eigenvalue weighted by Gasteiger charge is -2.44. The van der Waals surface area contributed by atoms with Crippen LogP contribution in [0.1, 0.15) is 5.56 Å². The highest BCUT2D eigenvalue weighted by molar-refractivity contribution is 7.20. The van der Waals surface area contributed by atoms with Crippen molar-refractivity contribution in [2.45, 2.75) is 6.54 Å². The molecule has 0 amide bonds. The third-order valence-electron chi connectivity index (χ3n) is 10.7. The van der Waals surface area contributed by atoms with E-state index in [1.807, 2.05) is 0 Å². The predicted molar refractivity (Wildman–Crippen MR) is 196 cm³/mol. The average molecular weight is 949 g/mol. The van der Waals surface area contributed by atoms with Gasteiger partial charge < -0.3 is 0 Å². The maximum absolute atomic E-state index is 15.4. The summed E-state index contributed by atoms with van der Waals surface area (Å²) < 4.78 is 296. The van der Waals surface area contributed by atoms with E-state index in [2.05, 4.69) is 89.8 Å². The van der Waals surface area contributed by atoms with Crippen molar-refractivity contribution >= 4 is 49.5 Å². The highest BCUT2D eigenvalue weighted by Gasteiger charge is 2.52. The Labute approximate surface area is 355 Å². The van der Waals surface area contributed by atoms with E-state index in [4.69, 9.17) is 0 Å². The first-order valence-electron chi connectivity index (χ1n) is 18.2. The third kappa shape index (κ3) is 7.03. The van der Waals surface area contributed by atoms with Crippen LogP contribution in [0.5, 0.6) is 0 Å². The molecule has 0 aliphatic rings. The first kappa shape index (κ1) is 46.9. The summed E-state index contributed by atoms with van der Waals surface area (Å²) in [4.78, 5) is 0. The van der Waals surface area contributed by atoms with Crippen LogP contribution < -0.4 is 26.4 Å². The molecule has 0 aliphatic carbocycles. The number of pyridine rings is 1. The summed E-state index contributed by atoms with van der Waals surface area (Å²) in [6, 6.07) is 25.8. The summed E-state index contributed by atoms with van der Waals surface area (Å²) in [5.41, 5.74) is -12.9. The standard InChI is InChI=1S/C24BF20.C20H16N/c26-5-1(6(27)14(35)21(42)13(5)34)25(2-7(28)15(36)22(43)16(37)8(2)29,3-9(30)17(38)23(44)18(39)10(3)31)4-11(32)19(40)24(45)20(41)12(4)33;1-6-12-21(13-7-1)15-20-18-10-4-2-8-16(18)14-17-9-3-5-11-19(17)20/h;1-14H,15H2/q-1;+1. The van der Waals surface area contributed by atoms with Gasteiger partial charge in [-0.3, -0.25) is 0 Å². The lowest BCUT2D eigenvalue weighted by molar-refractivity contribution is -0.688. The zero-order valence-electron chi connectivity index (χ0n) is 31.9. The molecular formula is C44H16BF20N. The molecule has 8 rings (SSSR count). The number of nitrogens with zero attached hydrogens (tertiary/aromatic N) is 1. The Morgan fingerprint density at radius 2 is 0.530 bits per heavy atom. The van der Waals surface area contributed by atoms with Gasteiger partial charge in [-0.25, -0.2) is 92.4 Å². The first-order chi connectivity index (χ1) is 31.1. The molecule has 0 N–H and O–H groups in total. The highest BCUT2D eigenvalue weighted by Crippen LogP contribution is 2.32. The largest absolute Gasteiger partial charge is 0.207 e. The Morgan fingerprint density at radius 1 is 0.288 bits per heavy atom. The van der Waals surface area contributed by atoms with Crippen LogP contribution in [0.2, 0.25) is 0 Å². The van der Waals surface area contributed by atoms with E-state index in [-0.39, 0.29) is 0 Å². The van der Waals surface area contributed by atoms with Crippen LogP contribution >= 0.6 is 0 Å². The molecule has 1 nitrogen and oxygen atoms in total. The zero-order valence-corrected chi connectivity index (χ0v) is 31.9. The number of fused-ring (bicyclic) bond motifs is 2. The quantitative estimate of drug-likeness (QED) is 0.0391. The summed E-state index contributed by atoms with van der Waals surface area (Å²) >= 11 is 0. The molecule has 0 atom stereocenters. The molecule has 0 saturated heterocycles. The average Bonchev–Trinajstić information content (AvgIpc) is 3.31. The molecular weight excluding hydrogens is 933 g/mol. The normalized spacial score (nSPS) is 11.7. The van der Waals surface area contributed by atoms with Crippen LogP contribution in [0.25, 0.3) is 21.5 Å². The molecule has 66 heavy (non-hydrogen) atoms. The SMILES string of the molecule is Fc1c(F)c(F)c([B-](c2c(F)c(F)c(F)c(F)c2F)(c2c(F)c(F)c(F)c(F)c2F)c2c(F)c(F)c(F)c(F)c2F)c(F)c1F.c1cc[n+](Cc2c3ccccc3cc3ccccc23)cc1. The predicted octanol–water partition coefficient (Wildman–Crippen LogP) is 10.2. The van der Waals surface area contributed by atoms with Crippen molar-refractivity contribution in [3.05, 3.63) is 207 Å². The Balaban J connectivity index is 0.000000254. The van der Waals surface area contributed by atoms with E-state index in [1.165, 1.54) is 27.1 Å². The van der Waals surface area contributed by atoms with Crippen LogP contribution in [0, 0.1) is 116 Å². The second-order valence-electron chi connectivity index (χ2n) is 14.1. The zero-order chi connectivity index (χ0) is 48.4. The van der Waals surface area contributed by atoms with Crippen molar-refractivity contribution in [2.24, 2.45) is 0 Å². The lowest BCUT2D eigenvalue weighted by atomic mass is 9.12. The van der Waals surface area contributed by atoms with Gasteiger partial charge in [0.1, 0.15) is 52.7 Å². The maximum atomic E-state index is 15.4. The Kier molecular flexibility index (Phi) is 12.3. The number of rotatable bonds is 6. The fourth-order valence-corrected chi connectivity index (χ4v) is 7.87. The van der Waals surface area contributed by atoms with E-state index < -0.39 is 144 Å². The minimum Gasteiger partial charge on any atom is -0.207 e. The molecule has 1 heterocycles. The molecule has 0 unspecified atom stereocenters. The molecule has 0 fully saturated rings. The highest BCUT2D eigenvalue weighted by atomic mass is 19.2. The molecule has 22 heteroatoms. The van der Waals surface area contributed by atoms with Crippen molar-refractivity contribution in [3.8, 4) is 0 Å². The number of aromatic nitrogens is 1. The van der Waals surface area contributed by atoms with E-state index in [1.54, 1.807) is 0 Å². The minimum atomic E-state index is -7.22. The van der Waals surface area contributed by atoms with Crippen molar-refractivity contribution < 1.29 is 92.4 Å². The van der Waals surface area contributed by atoms with E-state index in [9.17, 15) is 52.7 Å². The van der Waals surface area contributed by atoms with Crippen LogP contribution in [0.3, 0.4) is 0 Å². The van der Waals surface area contributed by atoms with Crippen LogP contribution in [-0.2, 0) is 6.54 Å². The monoisotopic (exact) mass is 949 g/mol. The number of hydrogen-bond donors (Lipinski definition) is 0. The summed E-state index contributed by atoms with van der Waals surface area (Å²) in [6.07, 6.45) is -2.97. The van der Waals surface area contributed by atoms with Gasteiger partial charge in [0.05, 0.1) is 0 Å². The van der Waals surface area contributed by atoms with Crippen molar-refractivity contribution in [1.82, 2.24) is 0 Å². The fraction of sp³-hybridized carbons (Fsp3) is 0.0227. The summed E-state index contributed by atoms with van der Waals surface area (Å²) in [5, 5.41) is 5.30. The minimum absolute atomic E-state index is 0.892. The summed E-state index contributed by atoms with van der Waals surface area (Å²) in [7, 11) is 0. The Bertz CT molecular complexity index is 2850. The van der Waals surface area contributed by atoms with Gasteiger partial charge in [0.25, 0.3) is 0 Å². The molecule has 0 aliphatic heterocycles. The van der Waals surface area contributed by atoms with Gasteiger partial charge in [0.15, 0.2) is 88.7 Å². The van der Waals surface area contributed by atoms with Gasteiger partial charge in [-0.1, -0.05) is 54.6 Å². The second-order valence-corrected chi connectivity index (χ2v) is 14.1. The molecule has 7 aromatic carbocycles. The van der Waals surface area contributed by atoms with Crippen LogP contribution in [-0.4, -0.2) is 6.15 Å². The maximum Gasteiger partial charge on any atom is 0.200 e. The van der Waals surface area contributed by atoms with Gasteiger partial charge in [-0.05, 0) is 27.6 Å². The number of hydrogen-bond acceptors (Lipinski definition) is 0. The second kappa shape index (κ2) is 17.4. The van der Waals surface area contributed by atoms with E-state index in [0.717, 1.165) is 6.54 Å². The smallest absolute Gasteiger partial charge is 0.200 e. The van der Waals surface area contributed by atoms with Gasteiger partial charge in [0, 0.05) is 17.7 Å². The summed E-state index contributed by atoms with van der Waals surface area (Å²) in [6.45, 7) is 0.892. The number of benzene rings is 7. The van der Waals surface area contributed by atoms with Crippen molar-refractivity contribution in [1.29, 1.82) is 0 Å².